The third kappa shape index (κ3) is 3.73. The summed E-state index contributed by atoms with van der Waals surface area (Å²) in [5, 5.41) is 15.7. The Hall–Kier alpha value is -3.24. The molecule has 0 radical (unpaired) electrons. The smallest absolute Gasteiger partial charge is 0.422 e. The normalized spacial score (nSPS) is 15.4. The maximum absolute atomic E-state index is 12.2. The summed E-state index contributed by atoms with van der Waals surface area (Å²) in [4.78, 5) is 15.3. The molecular formula is C17H15F3N6O2. The van der Waals surface area contributed by atoms with Crippen LogP contribution in [0, 0.1) is 0 Å². The molecule has 1 amide bonds. The van der Waals surface area contributed by atoms with Crippen molar-refractivity contribution in [2.24, 2.45) is 0 Å². The van der Waals surface area contributed by atoms with E-state index >= 15 is 0 Å². The lowest BCUT2D eigenvalue weighted by molar-refractivity contribution is -0.154. The zero-order chi connectivity index (χ0) is 19.8. The Morgan fingerprint density at radius 1 is 1.25 bits per heavy atom. The molecule has 1 saturated carbocycles. The molecular weight excluding hydrogens is 377 g/mol. The number of rotatable bonds is 7. The topological polar surface area (TPSA) is 94.8 Å². The maximum Gasteiger partial charge on any atom is 0.422 e. The number of ether oxygens (including phenoxy) is 1. The maximum atomic E-state index is 12.2. The number of carbonyl (C=O) groups is 1. The van der Waals surface area contributed by atoms with Crippen LogP contribution in [0.1, 0.15) is 24.2 Å². The van der Waals surface area contributed by atoms with Gasteiger partial charge in [-0.2, -0.15) is 18.3 Å². The van der Waals surface area contributed by atoms with E-state index in [-0.39, 0.29) is 12.4 Å². The van der Waals surface area contributed by atoms with Crippen LogP contribution in [0.4, 0.5) is 13.2 Å². The Labute approximate surface area is 156 Å². The predicted octanol–water partition coefficient (Wildman–Crippen LogP) is 1.95. The fourth-order valence-electron chi connectivity index (χ4n) is 2.97. The van der Waals surface area contributed by atoms with Gasteiger partial charge in [0.2, 0.25) is 12.3 Å². The second-order valence-electron chi connectivity index (χ2n) is 6.53. The summed E-state index contributed by atoms with van der Waals surface area (Å²) in [6.07, 6.45) is 1.32. The molecule has 146 valence electrons. The molecule has 1 N–H and O–H groups in total. The molecule has 0 spiro atoms. The number of amides is 1. The van der Waals surface area contributed by atoms with Gasteiger partial charge in [0.15, 0.2) is 6.61 Å². The summed E-state index contributed by atoms with van der Waals surface area (Å²) in [5.41, 5.74) is 1.56. The van der Waals surface area contributed by atoms with Gasteiger partial charge in [-0.05, 0) is 25.0 Å². The van der Waals surface area contributed by atoms with Crippen LogP contribution in [-0.4, -0.2) is 44.2 Å². The highest BCUT2D eigenvalue weighted by Gasteiger charge is 2.46. The lowest BCUT2D eigenvalue weighted by Crippen LogP contribution is -2.28. The van der Waals surface area contributed by atoms with E-state index in [0.717, 1.165) is 29.4 Å². The number of fused-ring (bicyclic) bond motifs is 1. The molecule has 3 aromatic rings. The summed E-state index contributed by atoms with van der Waals surface area (Å²) >= 11 is 0. The Bertz CT molecular complexity index is 998. The highest BCUT2D eigenvalue weighted by Crippen LogP contribution is 2.46. The molecule has 0 unspecified atom stereocenters. The van der Waals surface area contributed by atoms with Crippen LogP contribution in [0.5, 0.6) is 5.88 Å². The van der Waals surface area contributed by atoms with E-state index < -0.39 is 18.3 Å². The molecule has 0 aliphatic heterocycles. The highest BCUT2D eigenvalue weighted by atomic mass is 19.4. The van der Waals surface area contributed by atoms with Crippen molar-refractivity contribution in [3.63, 3.8) is 0 Å². The summed E-state index contributed by atoms with van der Waals surface area (Å²) < 4.78 is 42.7. The zero-order valence-corrected chi connectivity index (χ0v) is 14.5. The second-order valence-corrected chi connectivity index (χ2v) is 6.53. The van der Waals surface area contributed by atoms with Crippen molar-refractivity contribution in [3.8, 4) is 5.88 Å². The Morgan fingerprint density at radius 2 is 2.07 bits per heavy atom. The summed E-state index contributed by atoms with van der Waals surface area (Å²) in [6, 6.07) is 4.63. The molecule has 1 fully saturated rings. The molecule has 8 nitrogen and oxygen atoms in total. The first-order valence-corrected chi connectivity index (χ1v) is 8.45. The van der Waals surface area contributed by atoms with Crippen LogP contribution in [-0.2, 0) is 16.9 Å². The van der Waals surface area contributed by atoms with Crippen molar-refractivity contribution in [3.05, 3.63) is 42.0 Å². The number of nitrogens with zero attached hydrogens (tertiary/aromatic N) is 5. The van der Waals surface area contributed by atoms with Gasteiger partial charge in [-0.3, -0.25) is 14.5 Å². The van der Waals surface area contributed by atoms with E-state index in [1.165, 1.54) is 12.1 Å². The van der Waals surface area contributed by atoms with E-state index in [2.05, 4.69) is 30.3 Å². The van der Waals surface area contributed by atoms with Crippen LogP contribution in [0.25, 0.3) is 10.9 Å². The molecule has 3 heterocycles. The molecule has 1 aliphatic rings. The zero-order valence-electron chi connectivity index (χ0n) is 14.5. The first-order chi connectivity index (χ1) is 13.4. The van der Waals surface area contributed by atoms with Crippen LogP contribution in [0.15, 0.2) is 30.6 Å². The first-order valence-electron chi connectivity index (χ1n) is 8.45. The van der Waals surface area contributed by atoms with Gasteiger partial charge in [-0.25, -0.2) is 0 Å². The minimum absolute atomic E-state index is 0.200. The van der Waals surface area contributed by atoms with E-state index in [4.69, 9.17) is 0 Å². The van der Waals surface area contributed by atoms with Crippen molar-refractivity contribution in [1.29, 1.82) is 0 Å². The van der Waals surface area contributed by atoms with Crippen LogP contribution >= 0.6 is 0 Å². The average molecular weight is 392 g/mol. The fraction of sp³-hybridized carbons (Fsp3) is 0.353. The highest BCUT2D eigenvalue weighted by molar-refractivity contribution is 5.82. The van der Waals surface area contributed by atoms with Gasteiger partial charge in [0.1, 0.15) is 0 Å². The Kier molecular flexibility index (Phi) is 4.36. The van der Waals surface area contributed by atoms with Gasteiger partial charge in [0.05, 0.1) is 29.0 Å². The number of pyridine rings is 1. The third-order valence-corrected chi connectivity index (χ3v) is 4.42. The quantitative estimate of drug-likeness (QED) is 0.618. The number of halogens is 3. The molecule has 4 rings (SSSR count). The second kappa shape index (κ2) is 6.73. The molecule has 1 aliphatic carbocycles. The third-order valence-electron chi connectivity index (χ3n) is 4.42. The van der Waals surface area contributed by atoms with Crippen molar-refractivity contribution < 1.29 is 22.7 Å². The molecule has 11 heteroatoms. The SMILES string of the molecule is O=CNC1(c2nccc3nn(Cc4ccc(OCC(F)(F)F)nn4)cc23)CC1. The van der Waals surface area contributed by atoms with Crippen molar-refractivity contribution in [1.82, 2.24) is 30.3 Å². The van der Waals surface area contributed by atoms with Gasteiger partial charge in [0.25, 0.3) is 0 Å². The monoisotopic (exact) mass is 392 g/mol. The van der Waals surface area contributed by atoms with Gasteiger partial charge in [0, 0.05) is 23.8 Å². The van der Waals surface area contributed by atoms with Crippen molar-refractivity contribution >= 4 is 17.3 Å². The summed E-state index contributed by atoms with van der Waals surface area (Å²) in [7, 11) is 0. The summed E-state index contributed by atoms with van der Waals surface area (Å²) in [5.74, 6) is -0.200. The number of carbonyl (C=O) groups excluding carboxylic acids is 1. The molecule has 0 saturated heterocycles. The number of hydrogen-bond acceptors (Lipinski definition) is 6. The minimum atomic E-state index is -4.43. The Balaban J connectivity index is 1.52. The lowest BCUT2D eigenvalue weighted by Gasteiger charge is -2.13. The first kappa shape index (κ1) is 18.1. The molecule has 28 heavy (non-hydrogen) atoms. The standard InChI is InChI=1S/C17H15F3N6O2/c18-17(19,20)9-28-14-2-1-11(23-24-14)7-26-8-12-13(25-26)3-6-21-15(12)16(4-5-16)22-10-27/h1-3,6,8,10H,4-5,7,9H2,(H,22,27). The molecule has 0 aromatic carbocycles. The molecule has 3 aromatic heterocycles. The minimum Gasteiger partial charge on any atom is -0.467 e. The van der Waals surface area contributed by atoms with Crippen molar-refractivity contribution in [2.75, 3.05) is 6.61 Å². The molecule has 0 atom stereocenters. The largest absolute Gasteiger partial charge is 0.467 e. The van der Waals surface area contributed by atoms with Crippen LogP contribution in [0.2, 0.25) is 0 Å². The van der Waals surface area contributed by atoms with Gasteiger partial charge in [-0.1, -0.05) is 0 Å². The van der Waals surface area contributed by atoms with E-state index in [1.54, 1.807) is 23.1 Å². The van der Waals surface area contributed by atoms with Crippen LogP contribution in [0.3, 0.4) is 0 Å². The van der Waals surface area contributed by atoms with Gasteiger partial charge in [-0.15, -0.1) is 10.2 Å². The average Bonchev–Trinajstić information content (AvgIpc) is 3.31. The van der Waals surface area contributed by atoms with Gasteiger partial charge < -0.3 is 10.1 Å². The predicted molar refractivity (Wildman–Crippen MR) is 90.3 cm³/mol. The van der Waals surface area contributed by atoms with Crippen molar-refractivity contribution in [2.45, 2.75) is 31.1 Å². The Morgan fingerprint density at radius 3 is 2.71 bits per heavy atom. The van der Waals surface area contributed by atoms with E-state index in [9.17, 15) is 18.0 Å². The lowest BCUT2D eigenvalue weighted by atomic mass is 10.1. The number of hydrogen-bond donors (Lipinski definition) is 1. The van der Waals surface area contributed by atoms with Gasteiger partial charge >= 0.3 is 6.18 Å². The summed E-state index contributed by atoms with van der Waals surface area (Å²) in [6.45, 7) is -1.15. The number of alkyl halides is 3. The van der Waals surface area contributed by atoms with Crippen LogP contribution < -0.4 is 10.1 Å². The molecule has 0 bridgehead atoms. The van der Waals surface area contributed by atoms with E-state index in [0.29, 0.717) is 12.1 Å². The van der Waals surface area contributed by atoms with E-state index in [1.807, 2.05) is 0 Å². The number of aromatic nitrogens is 5. The number of nitrogens with one attached hydrogen (secondary N) is 1. The fourth-order valence-corrected chi connectivity index (χ4v) is 2.97.